The van der Waals surface area contributed by atoms with Crippen molar-refractivity contribution < 1.29 is 47.2 Å². The van der Waals surface area contributed by atoms with E-state index in [1.54, 1.807) is 24.3 Å². The van der Waals surface area contributed by atoms with Crippen LogP contribution in [0.1, 0.15) is 37.3 Å². The average Bonchev–Trinajstić information content (AvgIpc) is 3.33. The first-order valence-electron chi connectivity index (χ1n) is 12.6. The minimum absolute atomic E-state index is 0.0674. The van der Waals surface area contributed by atoms with Crippen LogP contribution in [0.2, 0.25) is 0 Å². The van der Waals surface area contributed by atoms with E-state index in [0.29, 0.717) is 41.5 Å². The van der Waals surface area contributed by atoms with Gasteiger partial charge >= 0.3 is 12.1 Å². The highest BCUT2D eigenvalue weighted by Gasteiger charge is 2.34. The maximum atomic E-state index is 13.8. The van der Waals surface area contributed by atoms with Crippen molar-refractivity contribution in [3.05, 3.63) is 65.7 Å². The molecule has 1 heterocycles. The van der Waals surface area contributed by atoms with E-state index in [4.69, 9.17) is 19.0 Å². The number of rotatable bonds is 14. The third-order valence-electron chi connectivity index (χ3n) is 6.18. The van der Waals surface area contributed by atoms with Gasteiger partial charge < -0.3 is 29.2 Å². The summed E-state index contributed by atoms with van der Waals surface area (Å²) in [6.07, 6.45) is -4.10. The summed E-state index contributed by atoms with van der Waals surface area (Å²) in [6.45, 7) is 4.63. The number of esters is 1. The highest BCUT2D eigenvalue weighted by molar-refractivity contribution is 5.87. The fourth-order valence-electron chi connectivity index (χ4n) is 3.96. The van der Waals surface area contributed by atoms with Gasteiger partial charge in [-0.05, 0) is 62.4 Å². The molecular weight excluding hydrogens is 517 g/mol. The number of ether oxygens (including phenoxy) is 2. The average molecular weight is 551 g/mol. The summed E-state index contributed by atoms with van der Waals surface area (Å²) in [7, 11) is 0. The number of hydrogen-bond acceptors (Lipinski definition) is 7. The maximum Gasteiger partial charge on any atom is 0.417 e. The van der Waals surface area contributed by atoms with E-state index in [-0.39, 0.29) is 55.7 Å². The fourth-order valence-corrected chi connectivity index (χ4v) is 3.96. The number of halogens is 3. The summed E-state index contributed by atoms with van der Waals surface area (Å²) in [5, 5.41) is 29.3. The maximum absolute atomic E-state index is 13.8. The van der Waals surface area contributed by atoms with Gasteiger partial charge in [0.05, 0.1) is 18.3 Å². The molecule has 39 heavy (non-hydrogen) atoms. The Labute approximate surface area is 224 Å². The van der Waals surface area contributed by atoms with Gasteiger partial charge in [-0.15, -0.1) is 0 Å². The molecule has 3 N–H and O–H groups in total. The van der Waals surface area contributed by atoms with Crippen molar-refractivity contribution in [3.8, 4) is 17.1 Å². The van der Waals surface area contributed by atoms with Crippen LogP contribution in [0.3, 0.4) is 0 Å². The highest BCUT2D eigenvalue weighted by Crippen LogP contribution is 2.40. The number of alkyl halides is 3. The lowest BCUT2D eigenvalue weighted by Gasteiger charge is -2.17. The molecule has 2 atom stereocenters. The van der Waals surface area contributed by atoms with Crippen LogP contribution >= 0.6 is 0 Å². The van der Waals surface area contributed by atoms with E-state index in [0.717, 1.165) is 6.07 Å². The Morgan fingerprint density at radius 3 is 2.51 bits per heavy atom. The van der Waals surface area contributed by atoms with Crippen LogP contribution in [0.25, 0.3) is 22.3 Å². The van der Waals surface area contributed by atoms with E-state index in [2.05, 4.69) is 6.58 Å². The molecule has 2 unspecified atom stereocenters. The SMILES string of the molecule is C=C(C)C(=O)OCC(O)CCC(CO)COc1ccc2cc(-c3ccc(CCCO)cc3C(F)(F)F)oc2c1. The van der Waals surface area contributed by atoms with Crippen LogP contribution in [0, 0.1) is 5.92 Å². The lowest BCUT2D eigenvalue weighted by Crippen LogP contribution is -2.22. The van der Waals surface area contributed by atoms with Crippen molar-refractivity contribution in [2.24, 2.45) is 5.92 Å². The molecule has 0 saturated carbocycles. The minimum Gasteiger partial charge on any atom is -0.493 e. The van der Waals surface area contributed by atoms with E-state index in [1.807, 2.05) is 0 Å². The van der Waals surface area contributed by atoms with Crippen molar-refractivity contribution in [2.75, 3.05) is 26.4 Å². The van der Waals surface area contributed by atoms with E-state index < -0.39 is 23.8 Å². The molecule has 0 bridgehead atoms. The number of aliphatic hydroxyl groups is 3. The zero-order valence-electron chi connectivity index (χ0n) is 21.7. The number of carbonyl (C=O) groups excluding carboxylic acids is 1. The largest absolute Gasteiger partial charge is 0.493 e. The number of benzene rings is 2. The molecule has 212 valence electrons. The monoisotopic (exact) mass is 550 g/mol. The molecule has 1 aromatic heterocycles. The van der Waals surface area contributed by atoms with Gasteiger partial charge in [0.1, 0.15) is 23.7 Å². The molecule has 3 rings (SSSR count). The zero-order chi connectivity index (χ0) is 28.6. The second kappa shape index (κ2) is 13.6. The number of aliphatic hydroxyl groups excluding tert-OH is 3. The molecule has 2 aromatic carbocycles. The lowest BCUT2D eigenvalue weighted by atomic mass is 9.99. The van der Waals surface area contributed by atoms with E-state index in [1.165, 1.54) is 19.1 Å². The second-order valence-corrected chi connectivity index (χ2v) is 9.48. The standard InChI is InChI=1S/C29H33F3O7/c1-18(2)28(36)38-17-22(35)8-5-20(15-34)16-37-23-9-7-21-13-27(39-26(21)14-23)24-10-6-19(4-3-11-33)12-25(24)29(30,31)32/h6-7,9-10,12-14,20,22,33-35H,1,3-5,8,11,15-17H2,2H3. The summed E-state index contributed by atoms with van der Waals surface area (Å²) in [4.78, 5) is 11.4. The van der Waals surface area contributed by atoms with Crippen LogP contribution < -0.4 is 4.74 Å². The Kier molecular flexibility index (Phi) is 10.6. The third-order valence-corrected chi connectivity index (χ3v) is 6.18. The van der Waals surface area contributed by atoms with Gasteiger partial charge in [0.25, 0.3) is 0 Å². The Morgan fingerprint density at radius 2 is 1.85 bits per heavy atom. The molecule has 0 aliphatic rings. The van der Waals surface area contributed by atoms with Gasteiger partial charge in [0.15, 0.2) is 0 Å². The van der Waals surface area contributed by atoms with Gasteiger partial charge in [0, 0.05) is 41.7 Å². The molecule has 0 radical (unpaired) electrons. The number of furan rings is 1. The first kappa shape index (κ1) is 30.2. The van der Waals surface area contributed by atoms with Crippen molar-refractivity contribution in [3.63, 3.8) is 0 Å². The quantitative estimate of drug-likeness (QED) is 0.185. The summed E-state index contributed by atoms with van der Waals surface area (Å²) in [6, 6.07) is 10.5. The van der Waals surface area contributed by atoms with Gasteiger partial charge in [-0.2, -0.15) is 13.2 Å². The normalized spacial score (nSPS) is 13.3. The number of fused-ring (bicyclic) bond motifs is 1. The van der Waals surface area contributed by atoms with Crippen LogP contribution in [-0.4, -0.2) is 53.8 Å². The molecule has 10 heteroatoms. The summed E-state index contributed by atoms with van der Waals surface area (Å²) < 4.78 is 57.9. The zero-order valence-corrected chi connectivity index (χ0v) is 21.7. The predicted molar refractivity (Wildman–Crippen MR) is 139 cm³/mol. The molecule has 7 nitrogen and oxygen atoms in total. The van der Waals surface area contributed by atoms with Gasteiger partial charge in [-0.25, -0.2) is 4.79 Å². The predicted octanol–water partition coefficient (Wildman–Crippen LogP) is 5.29. The van der Waals surface area contributed by atoms with Crippen molar-refractivity contribution in [1.82, 2.24) is 0 Å². The van der Waals surface area contributed by atoms with Crippen molar-refractivity contribution in [1.29, 1.82) is 0 Å². The van der Waals surface area contributed by atoms with Gasteiger partial charge in [0.2, 0.25) is 0 Å². The first-order valence-corrected chi connectivity index (χ1v) is 12.6. The Bertz CT molecular complexity index is 1270. The number of carbonyl (C=O) groups is 1. The Hall–Kier alpha value is -3.34. The summed E-state index contributed by atoms with van der Waals surface area (Å²) in [5.41, 5.74) is 0.163. The molecule has 0 amide bonds. The van der Waals surface area contributed by atoms with Crippen LogP contribution in [-0.2, 0) is 22.1 Å². The molecule has 0 spiro atoms. The van der Waals surface area contributed by atoms with Crippen molar-refractivity contribution in [2.45, 2.75) is 44.9 Å². The smallest absolute Gasteiger partial charge is 0.417 e. The molecule has 3 aromatic rings. The summed E-state index contributed by atoms with van der Waals surface area (Å²) in [5.74, 6) is -0.416. The van der Waals surface area contributed by atoms with Gasteiger partial charge in [-0.3, -0.25) is 0 Å². The summed E-state index contributed by atoms with van der Waals surface area (Å²) >= 11 is 0. The van der Waals surface area contributed by atoms with Gasteiger partial charge in [-0.1, -0.05) is 18.7 Å². The van der Waals surface area contributed by atoms with Crippen LogP contribution in [0.5, 0.6) is 5.75 Å². The van der Waals surface area contributed by atoms with E-state index in [9.17, 15) is 28.2 Å². The van der Waals surface area contributed by atoms with Crippen molar-refractivity contribution >= 4 is 16.9 Å². The molecule has 0 aliphatic carbocycles. The van der Waals surface area contributed by atoms with Crippen LogP contribution in [0.15, 0.2) is 59.0 Å². The Balaban J connectivity index is 1.66. The number of aryl methyl sites for hydroxylation is 1. The van der Waals surface area contributed by atoms with Crippen LogP contribution in [0.4, 0.5) is 13.2 Å². The minimum atomic E-state index is -4.59. The highest BCUT2D eigenvalue weighted by atomic mass is 19.4. The molecule has 0 fully saturated rings. The molecular formula is C29H33F3O7. The topological polar surface area (TPSA) is 109 Å². The Morgan fingerprint density at radius 1 is 1.08 bits per heavy atom. The lowest BCUT2D eigenvalue weighted by molar-refractivity contribution is -0.142. The third kappa shape index (κ3) is 8.58. The molecule has 0 saturated heterocycles. The fraction of sp³-hybridized carbons (Fsp3) is 0.414. The number of hydrogen-bond donors (Lipinski definition) is 3. The molecule has 0 aliphatic heterocycles. The second-order valence-electron chi connectivity index (χ2n) is 9.48. The van der Waals surface area contributed by atoms with E-state index >= 15 is 0 Å². The first-order chi connectivity index (χ1) is 18.5.